The molecule has 0 spiro atoms. The molecule has 1 saturated heterocycles. The molecule has 0 radical (unpaired) electrons. The molecule has 14 heteroatoms. The van der Waals surface area contributed by atoms with Gasteiger partial charge in [-0.3, -0.25) is 4.90 Å². The summed E-state index contributed by atoms with van der Waals surface area (Å²) >= 11 is 0. The second-order valence-electron chi connectivity index (χ2n) is 8.26. The molecule has 1 aliphatic heterocycles. The van der Waals surface area contributed by atoms with Crippen LogP contribution in [0.5, 0.6) is 0 Å². The van der Waals surface area contributed by atoms with Crippen molar-refractivity contribution >= 4 is 11.9 Å². The van der Waals surface area contributed by atoms with Gasteiger partial charge in [0.2, 0.25) is 0 Å². The average molecular weight is 536 g/mol. The van der Waals surface area contributed by atoms with Crippen molar-refractivity contribution in [2.24, 2.45) is 16.5 Å². The third-order valence-electron chi connectivity index (χ3n) is 5.56. The Morgan fingerprint density at radius 3 is 2.16 bits per heavy atom. The van der Waals surface area contributed by atoms with Crippen LogP contribution in [-0.4, -0.2) is 42.8 Å². The predicted molar refractivity (Wildman–Crippen MR) is 118 cm³/mol. The SMILES string of the molecule is C[C@@H](O[C@@H]1OCCN(C/C(N)=N/C(N)=O)[C@@H]1c1ccc(F)cc1)c1cc(C(F)(F)F)cc(C(F)(F)F)c1. The zero-order chi connectivity index (χ0) is 27.5. The van der Waals surface area contributed by atoms with Crippen molar-refractivity contribution in [3.05, 3.63) is 70.5 Å². The number of carbonyl (C=O) groups is 1. The van der Waals surface area contributed by atoms with E-state index in [2.05, 4.69) is 4.99 Å². The van der Waals surface area contributed by atoms with Crippen LogP contribution >= 0.6 is 0 Å². The fraction of sp³-hybridized carbons (Fsp3) is 0.391. The van der Waals surface area contributed by atoms with Crippen LogP contribution in [0.3, 0.4) is 0 Å². The number of halogens is 7. The number of rotatable bonds is 6. The average Bonchev–Trinajstić information content (AvgIpc) is 2.78. The first-order valence-corrected chi connectivity index (χ1v) is 10.8. The Hall–Kier alpha value is -3.23. The quantitative estimate of drug-likeness (QED) is 0.315. The van der Waals surface area contributed by atoms with E-state index in [4.69, 9.17) is 20.9 Å². The Balaban J connectivity index is 1.96. The first kappa shape index (κ1) is 28.3. The first-order valence-electron chi connectivity index (χ1n) is 10.8. The topological polar surface area (TPSA) is 103 Å². The van der Waals surface area contributed by atoms with Crippen LogP contribution in [0.1, 0.15) is 41.3 Å². The second-order valence-corrected chi connectivity index (χ2v) is 8.26. The Kier molecular flexibility index (Phi) is 8.45. The molecule has 0 bridgehead atoms. The highest BCUT2D eigenvalue weighted by Crippen LogP contribution is 2.39. The van der Waals surface area contributed by atoms with Gasteiger partial charge in [0.15, 0.2) is 6.29 Å². The maximum absolute atomic E-state index is 13.6. The van der Waals surface area contributed by atoms with Gasteiger partial charge in [-0.05, 0) is 48.4 Å². The largest absolute Gasteiger partial charge is 0.416 e. The molecule has 0 aromatic heterocycles. The van der Waals surface area contributed by atoms with E-state index < -0.39 is 53.8 Å². The molecule has 202 valence electrons. The Morgan fingerprint density at radius 2 is 1.65 bits per heavy atom. The van der Waals surface area contributed by atoms with Crippen LogP contribution in [0.25, 0.3) is 0 Å². The molecule has 3 atom stereocenters. The maximum Gasteiger partial charge on any atom is 0.416 e. The number of amides is 2. The number of carbonyl (C=O) groups excluding carboxylic acids is 1. The van der Waals surface area contributed by atoms with Crippen molar-refractivity contribution in [1.29, 1.82) is 0 Å². The molecule has 0 unspecified atom stereocenters. The van der Waals surface area contributed by atoms with Gasteiger partial charge in [0.05, 0.1) is 36.4 Å². The van der Waals surface area contributed by atoms with E-state index in [1.807, 2.05) is 0 Å². The second kappa shape index (κ2) is 11.0. The third kappa shape index (κ3) is 7.40. The van der Waals surface area contributed by atoms with Crippen molar-refractivity contribution < 1.29 is 45.0 Å². The number of hydrogen-bond donors (Lipinski definition) is 2. The van der Waals surface area contributed by atoms with E-state index in [-0.39, 0.29) is 37.2 Å². The lowest BCUT2D eigenvalue weighted by atomic mass is 10.0. The molecule has 37 heavy (non-hydrogen) atoms. The van der Waals surface area contributed by atoms with Crippen LogP contribution in [0.2, 0.25) is 0 Å². The number of morpholine rings is 1. The van der Waals surface area contributed by atoms with Gasteiger partial charge in [-0.25, -0.2) is 9.18 Å². The fourth-order valence-electron chi connectivity index (χ4n) is 3.89. The minimum Gasteiger partial charge on any atom is -0.386 e. The standard InChI is InChI=1S/C23H23F7N4O3/c1-12(14-8-15(22(25,26)27)10-16(9-14)23(28,29)30)37-20-19(13-2-4-17(24)5-3-13)34(6-7-36-20)11-18(31)33-21(32)35/h2-5,8-10,12,19-20H,6-7,11H2,1H3,(H4,31,32,33,35)/t12-,19-,20+/m1/s1. The number of amidine groups is 1. The summed E-state index contributed by atoms with van der Waals surface area (Å²) in [4.78, 5) is 16.2. The van der Waals surface area contributed by atoms with Crippen LogP contribution in [0, 0.1) is 5.82 Å². The number of ether oxygens (including phenoxy) is 2. The summed E-state index contributed by atoms with van der Waals surface area (Å²) in [5, 5.41) is 0. The van der Waals surface area contributed by atoms with Crippen LogP contribution < -0.4 is 11.5 Å². The lowest BCUT2D eigenvalue weighted by Crippen LogP contribution is -2.49. The number of nitrogens with zero attached hydrogens (tertiary/aromatic N) is 2. The normalized spacial score (nSPS) is 20.6. The number of hydrogen-bond acceptors (Lipinski definition) is 4. The van der Waals surface area contributed by atoms with Gasteiger partial charge < -0.3 is 20.9 Å². The fourth-order valence-corrected chi connectivity index (χ4v) is 3.89. The molecular formula is C23H23F7N4O3. The van der Waals surface area contributed by atoms with Crippen molar-refractivity contribution in [2.45, 2.75) is 37.7 Å². The van der Waals surface area contributed by atoms with E-state index in [1.165, 1.54) is 19.1 Å². The number of urea groups is 1. The molecule has 0 saturated carbocycles. The van der Waals surface area contributed by atoms with E-state index in [0.29, 0.717) is 17.7 Å². The summed E-state index contributed by atoms with van der Waals surface area (Å²) in [6, 6.07) is 4.44. The smallest absolute Gasteiger partial charge is 0.386 e. The molecule has 4 N–H and O–H groups in total. The van der Waals surface area contributed by atoms with Gasteiger partial charge in [0.25, 0.3) is 0 Å². The number of alkyl halides is 6. The zero-order valence-electron chi connectivity index (χ0n) is 19.3. The minimum absolute atomic E-state index is 0.0250. The highest BCUT2D eigenvalue weighted by atomic mass is 19.4. The molecule has 1 heterocycles. The Bertz CT molecular complexity index is 1100. The summed E-state index contributed by atoms with van der Waals surface area (Å²) < 4.78 is 105. The molecule has 1 fully saturated rings. The van der Waals surface area contributed by atoms with E-state index in [9.17, 15) is 35.5 Å². The summed E-state index contributed by atoms with van der Waals surface area (Å²) in [6.45, 7) is 1.44. The predicted octanol–water partition coefficient (Wildman–Crippen LogP) is 4.78. The summed E-state index contributed by atoms with van der Waals surface area (Å²) in [7, 11) is 0. The van der Waals surface area contributed by atoms with Gasteiger partial charge in [0, 0.05) is 6.54 Å². The van der Waals surface area contributed by atoms with E-state index >= 15 is 0 Å². The molecule has 7 nitrogen and oxygen atoms in total. The minimum atomic E-state index is -5.03. The lowest BCUT2D eigenvalue weighted by molar-refractivity contribution is -0.227. The molecule has 1 aliphatic rings. The Labute approximate surface area is 206 Å². The zero-order valence-corrected chi connectivity index (χ0v) is 19.3. The van der Waals surface area contributed by atoms with Crippen molar-refractivity contribution in [3.63, 3.8) is 0 Å². The number of primary amides is 1. The maximum atomic E-state index is 13.6. The van der Waals surface area contributed by atoms with Gasteiger partial charge in [0.1, 0.15) is 11.7 Å². The third-order valence-corrected chi connectivity index (χ3v) is 5.56. The van der Waals surface area contributed by atoms with Gasteiger partial charge in [-0.1, -0.05) is 12.1 Å². The van der Waals surface area contributed by atoms with E-state index in [1.54, 1.807) is 4.90 Å². The monoisotopic (exact) mass is 536 g/mol. The number of benzene rings is 2. The highest BCUT2D eigenvalue weighted by Gasteiger charge is 2.39. The molecule has 2 aromatic rings. The van der Waals surface area contributed by atoms with Crippen molar-refractivity contribution in [3.8, 4) is 0 Å². The van der Waals surface area contributed by atoms with Crippen LogP contribution in [0.4, 0.5) is 35.5 Å². The molecule has 0 aliphatic carbocycles. The summed E-state index contributed by atoms with van der Waals surface area (Å²) in [6.07, 6.45) is -12.6. The Morgan fingerprint density at radius 1 is 1.08 bits per heavy atom. The van der Waals surface area contributed by atoms with Crippen molar-refractivity contribution in [2.75, 3.05) is 19.7 Å². The molecular weight excluding hydrogens is 513 g/mol. The lowest BCUT2D eigenvalue weighted by Gasteiger charge is -2.42. The first-order chi connectivity index (χ1) is 17.1. The summed E-state index contributed by atoms with van der Waals surface area (Å²) in [5.74, 6) is -0.697. The molecule has 2 amide bonds. The van der Waals surface area contributed by atoms with E-state index in [0.717, 1.165) is 12.1 Å². The van der Waals surface area contributed by atoms with Gasteiger partial charge in [-0.15, -0.1) is 0 Å². The highest BCUT2D eigenvalue weighted by molar-refractivity contribution is 5.93. The molecule has 3 rings (SSSR count). The van der Waals surface area contributed by atoms with Crippen molar-refractivity contribution in [1.82, 2.24) is 4.90 Å². The van der Waals surface area contributed by atoms with Crippen LogP contribution in [-0.2, 0) is 21.8 Å². The number of nitrogens with two attached hydrogens (primary N) is 2. The molecule has 2 aromatic carbocycles. The van der Waals surface area contributed by atoms with Crippen LogP contribution in [0.15, 0.2) is 47.5 Å². The van der Waals surface area contributed by atoms with Gasteiger partial charge in [-0.2, -0.15) is 31.3 Å². The summed E-state index contributed by atoms with van der Waals surface area (Å²) in [5.41, 5.74) is 7.91. The number of aliphatic imine (C=N–C) groups is 1. The van der Waals surface area contributed by atoms with Gasteiger partial charge >= 0.3 is 18.4 Å².